The first-order chi connectivity index (χ1) is 9.11. The van der Waals surface area contributed by atoms with Crippen LogP contribution in [0.3, 0.4) is 0 Å². The molecule has 7 heteroatoms. The van der Waals surface area contributed by atoms with Gasteiger partial charge in [-0.3, -0.25) is 4.98 Å². The molecule has 0 aromatic carbocycles. The summed E-state index contributed by atoms with van der Waals surface area (Å²) < 4.78 is 31.8. The molecule has 19 heavy (non-hydrogen) atoms. The largest absolute Gasteiger partial charge is 0.385 e. The average Bonchev–Trinajstić information content (AvgIpc) is 2.39. The lowest BCUT2D eigenvalue weighted by atomic mass is 10.3. The highest BCUT2D eigenvalue weighted by Crippen LogP contribution is 2.18. The molecule has 0 saturated heterocycles. The SMILES string of the molecule is CCNc1ccncc1S(=O)(=O)NCCCCOC. The standard InChI is InChI=1S/C12H21N3O3S/c1-3-14-11-6-8-13-10-12(11)19(16,17)15-7-4-5-9-18-2/h6,8,10,15H,3-5,7,9H2,1-2H3,(H,13,14). The predicted octanol–water partition coefficient (Wildman–Crippen LogP) is 1.22. The van der Waals surface area contributed by atoms with Gasteiger partial charge in [0, 0.05) is 39.2 Å². The Morgan fingerprint density at radius 2 is 2.16 bits per heavy atom. The molecule has 6 nitrogen and oxygen atoms in total. The highest BCUT2D eigenvalue weighted by atomic mass is 32.2. The molecule has 1 heterocycles. The van der Waals surface area contributed by atoms with E-state index < -0.39 is 10.0 Å². The van der Waals surface area contributed by atoms with Gasteiger partial charge in [0.1, 0.15) is 4.90 Å². The van der Waals surface area contributed by atoms with E-state index in [0.717, 1.165) is 12.8 Å². The van der Waals surface area contributed by atoms with Crippen LogP contribution in [0.5, 0.6) is 0 Å². The summed E-state index contributed by atoms with van der Waals surface area (Å²) in [6.07, 6.45) is 4.49. The maximum atomic E-state index is 12.1. The normalized spacial score (nSPS) is 11.5. The van der Waals surface area contributed by atoms with Crippen molar-refractivity contribution in [1.29, 1.82) is 0 Å². The molecule has 0 aliphatic rings. The van der Waals surface area contributed by atoms with Crippen molar-refractivity contribution in [3.8, 4) is 0 Å². The Bertz CT molecular complexity index is 477. The van der Waals surface area contributed by atoms with Crippen LogP contribution in [0, 0.1) is 0 Å². The predicted molar refractivity (Wildman–Crippen MR) is 74.7 cm³/mol. The van der Waals surface area contributed by atoms with Gasteiger partial charge in [-0.05, 0) is 25.8 Å². The second-order valence-corrected chi connectivity index (χ2v) is 5.74. The van der Waals surface area contributed by atoms with Crippen molar-refractivity contribution in [2.75, 3.05) is 32.1 Å². The van der Waals surface area contributed by atoms with Crippen LogP contribution in [-0.4, -0.2) is 40.2 Å². The van der Waals surface area contributed by atoms with E-state index in [1.807, 2.05) is 6.92 Å². The van der Waals surface area contributed by atoms with Crippen LogP contribution in [-0.2, 0) is 14.8 Å². The summed E-state index contributed by atoms with van der Waals surface area (Å²) in [6.45, 7) is 3.60. The molecule has 0 spiro atoms. The van der Waals surface area contributed by atoms with Gasteiger partial charge >= 0.3 is 0 Å². The molecule has 1 rings (SSSR count). The molecule has 0 radical (unpaired) electrons. The number of sulfonamides is 1. The first-order valence-corrected chi connectivity index (χ1v) is 7.76. The van der Waals surface area contributed by atoms with Crippen LogP contribution in [0.4, 0.5) is 5.69 Å². The van der Waals surface area contributed by atoms with Gasteiger partial charge in [-0.1, -0.05) is 0 Å². The number of rotatable bonds is 9. The van der Waals surface area contributed by atoms with Crippen molar-refractivity contribution in [2.24, 2.45) is 0 Å². The van der Waals surface area contributed by atoms with Gasteiger partial charge in [-0.25, -0.2) is 13.1 Å². The van der Waals surface area contributed by atoms with Crippen LogP contribution in [0.2, 0.25) is 0 Å². The zero-order valence-corrected chi connectivity index (χ0v) is 12.2. The minimum atomic E-state index is -3.52. The molecule has 0 amide bonds. The van der Waals surface area contributed by atoms with Crippen LogP contribution in [0.1, 0.15) is 19.8 Å². The zero-order valence-electron chi connectivity index (χ0n) is 11.3. The number of hydrogen-bond donors (Lipinski definition) is 2. The Hall–Kier alpha value is -1.18. The van der Waals surface area contributed by atoms with Crippen molar-refractivity contribution >= 4 is 15.7 Å². The molecule has 0 bridgehead atoms. The third-order valence-corrected chi connectivity index (χ3v) is 4.00. The molecule has 108 valence electrons. The van der Waals surface area contributed by atoms with Crippen molar-refractivity contribution in [3.05, 3.63) is 18.5 Å². The average molecular weight is 287 g/mol. The summed E-state index contributed by atoms with van der Waals surface area (Å²) in [5.74, 6) is 0. The van der Waals surface area contributed by atoms with Crippen LogP contribution >= 0.6 is 0 Å². The van der Waals surface area contributed by atoms with Gasteiger partial charge in [-0.2, -0.15) is 0 Å². The van der Waals surface area contributed by atoms with E-state index in [1.54, 1.807) is 19.4 Å². The van der Waals surface area contributed by atoms with Crippen molar-refractivity contribution in [2.45, 2.75) is 24.7 Å². The lowest BCUT2D eigenvalue weighted by Gasteiger charge is -2.11. The molecule has 0 fully saturated rings. The van der Waals surface area contributed by atoms with Gasteiger partial charge in [0.2, 0.25) is 10.0 Å². The highest BCUT2D eigenvalue weighted by Gasteiger charge is 2.17. The summed E-state index contributed by atoms with van der Waals surface area (Å²) in [5, 5.41) is 3.01. The number of pyridine rings is 1. The number of nitrogens with one attached hydrogen (secondary N) is 2. The third kappa shape index (κ3) is 5.14. The van der Waals surface area contributed by atoms with E-state index in [9.17, 15) is 8.42 Å². The lowest BCUT2D eigenvalue weighted by Crippen LogP contribution is -2.26. The van der Waals surface area contributed by atoms with E-state index >= 15 is 0 Å². The van der Waals surface area contributed by atoms with E-state index in [0.29, 0.717) is 25.4 Å². The van der Waals surface area contributed by atoms with Crippen LogP contribution in [0.15, 0.2) is 23.4 Å². The maximum absolute atomic E-state index is 12.1. The van der Waals surface area contributed by atoms with Gasteiger partial charge in [0.05, 0.1) is 5.69 Å². The third-order valence-electron chi connectivity index (χ3n) is 2.51. The number of methoxy groups -OCH3 is 1. The van der Waals surface area contributed by atoms with Crippen molar-refractivity contribution < 1.29 is 13.2 Å². The molecule has 2 N–H and O–H groups in total. The number of aromatic nitrogens is 1. The van der Waals surface area contributed by atoms with Gasteiger partial charge in [0.15, 0.2) is 0 Å². The Kier molecular flexibility index (Phi) is 6.75. The number of ether oxygens (including phenoxy) is 1. The van der Waals surface area contributed by atoms with Gasteiger partial charge in [-0.15, -0.1) is 0 Å². The summed E-state index contributed by atoms with van der Waals surface area (Å²) in [7, 11) is -1.89. The molecule has 0 aliphatic carbocycles. The van der Waals surface area contributed by atoms with Crippen LogP contribution in [0.25, 0.3) is 0 Å². The van der Waals surface area contributed by atoms with Crippen molar-refractivity contribution in [3.63, 3.8) is 0 Å². The fourth-order valence-corrected chi connectivity index (χ4v) is 2.78. The summed E-state index contributed by atoms with van der Waals surface area (Å²) in [4.78, 5) is 4.06. The highest BCUT2D eigenvalue weighted by molar-refractivity contribution is 7.89. The molecule has 1 aromatic heterocycles. The first kappa shape index (κ1) is 15.9. The topological polar surface area (TPSA) is 80.3 Å². The van der Waals surface area contributed by atoms with E-state index in [2.05, 4.69) is 15.0 Å². The fraction of sp³-hybridized carbons (Fsp3) is 0.583. The number of anilines is 1. The van der Waals surface area contributed by atoms with Gasteiger partial charge < -0.3 is 10.1 Å². The van der Waals surface area contributed by atoms with E-state index in [4.69, 9.17) is 4.74 Å². The number of nitrogens with zero attached hydrogens (tertiary/aromatic N) is 1. The Morgan fingerprint density at radius 1 is 1.37 bits per heavy atom. The number of hydrogen-bond acceptors (Lipinski definition) is 5. The molecule has 0 aliphatic heterocycles. The molecule has 0 saturated carbocycles. The summed E-state index contributed by atoms with van der Waals surface area (Å²) in [5.41, 5.74) is 0.571. The Balaban J connectivity index is 2.66. The molecule has 1 aromatic rings. The molecule has 0 atom stereocenters. The molecule has 0 unspecified atom stereocenters. The van der Waals surface area contributed by atoms with E-state index in [1.165, 1.54) is 6.20 Å². The lowest BCUT2D eigenvalue weighted by molar-refractivity contribution is 0.193. The second kappa shape index (κ2) is 8.08. The second-order valence-electron chi connectivity index (χ2n) is 4.00. The Labute approximate surface area is 114 Å². The van der Waals surface area contributed by atoms with Crippen molar-refractivity contribution in [1.82, 2.24) is 9.71 Å². The van der Waals surface area contributed by atoms with Gasteiger partial charge in [0.25, 0.3) is 0 Å². The smallest absolute Gasteiger partial charge is 0.244 e. The fourth-order valence-electron chi connectivity index (χ4n) is 1.59. The molecular weight excluding hydrogens is 266 g/mol. The Morgan fingerprint density at radius 3 is 2.84 bits per heavy atom. The van der Waals surface area contributed by atoms with Crippen LogP contribution < -0.4 is 10.0 Å². The zero-order chi connectivity index (χ0) is 14.1. The minimum absolute atomic E-state index is 0.184. The molecular formula is C12H21N3O3S. The first-order valence-electron chi connectivity index (χ1n) is 6.28. The monoisotopic (exact) mass is 287 g/mol. The quantitative estimate of drug-likeness (QED) is 0.667. The summed E-state index contributed by atoms with van der Waals surface area (Å²) in [6, 6.07) is 1.66. The summed E-state index contributed by atoms with van der Waals surface area (Å²) >= 11 is 0. The minimum Gasteiger partial charge on any atom is -0.385 e. The number of unbranched alkanes of at least 4 members (excludes halogenated alkanes) is 1. The maximum Gasteiger partial charge on any atom is 0.244 e. The van der Waals surface area contributed by atoms with E-state index in [-0.39, 0.29) is 4.90 Å².